The number of pyridine rings is 1. The molecule has 1 atom stereocenters. The van der Waals surface area contributed by atoms with Crippen LogP contribution in [0.4, 0.5) is 0 Å². The molecule has 0 saturated carbocycles. The second-order valence-electron chi connectivity index (χ2n) is 7.71. The van der Waals surface area contributed by atoms with Crippen LogP contribution in [0.3, 0.4) is 0 Å². The average molecular weight is 410 g/mol. The fourth-order valence-corrected chi connectivity index (χ4v) is 5.33. The molecule has 5 rings (SSSR count). The number of aromatic nitrogens is 4. The number of likely N-dealkylation sites (tertiary alicyclic amines) is 1. The smallest absolute Gasteiger partial charge is 0.273 e. The summed E-state index contributed by atoms with van der Waals surface area (Å²) in [7, 11) is 0. The molecule has 29 heavy (non-hydrogen) atoms. The topological polar surface area (TPSA) is 72.5 Å². The largest absolute Gasteiger partial charge is 0.332 e. The zero-order chi connectivity index (χ0) is 20.0. The Balaban J connectivity index is 1.44. The Kier molecular flexibility index (Phi) is 4.66. The number of hydrogen-bond acceptors (Lipinski definition) is 5. The number of carbonyl (C=O) groups excluding carboxylic acids is 1. The van der Waals surface area contributed by atoms with Gasteiger partial charge in [-0.3, -0.25) is 14.0 Å². The third-order valence-electron chi connectivity index (χ3n) is 5.83. The predicted molar refractivity (Wildman–Crippen MR) is 112 cm³/mol. The lowest BCUT2D eigenvalue weighted by Crippen LogP contribution is -2.41. The zero-order valence-electron chi connectivity index (χ0n) is 16.4. The van der Waals surface area contributed by atoms with Gasteiger partial charge in [-0.25, -0.2) is 9.67 Å². The second-order valence-corrected chi connectivity index (χ2v) is 8.81. The van der Waals surface area contributed by atoms with Crippen LogP contribution < -0.4 is 5.56 Å². The minimum absolute atomic E-state index is 0.0221. The third-order valence-corrected chi connectivity index (χ3v) is 6.84. The van der Waals surface area contributed by atoms with E-state index in [1.165, 1.54) is 0 Å². The Bertz CT molecular complexity index is 1150. The van der Waals surface area contributed by atoms with E-state index in [0.717, 1.165) is 53.4 Å². The number of thioether (sulfide) groups is 1. The fourth-order valence-electron chi connectivity index (χ4n) is 4.38. The number of rotatable bonds is 3. The number of aryl methyl sites for hydroxylation is 2. The maximum absolute atomic E-state index is 13.4. The molecule has 0 N–H and O–H groups in total. The third kappa shape index (κ3) is 3.25. The zero-order valence-corrected chi connectivity index (χ0v) is 17.2. The Morgan fingerprint density at radius 2 is 2.24 bits per heavy atom. The second kappa shape index (κ2) is 7.33. The lowest BCUT2D eigenvalue weighted by atomic mass is 10.2. The number of imidazole rings is 1. The standard InChI is InChI=1S/C21H23N5O2S/c1-14-20(25-8-3-2-6-18(25)22-14)21(28)24-9-4-5-16(24)12-26-19(27)11-15-13-29-10-7-17(15)23-26/h2-3,6,8,11,16H,4-5,7,9-10,12-13H2,1H3. The summed E-state index contributed by atoms with van der Waals surface area (Å²) in [5.41, 5.74) is 4.12. The van der Waals surface area contributed by atoms with Crippen molar-refractivity contribution in [2.24, 2.45) is 0 Å². The first kappa shape index (κ1) is 18.4. The molecule has 1 saturated heterocycles. The van der Waals surface area contributed by atoms with E-state index in [4.69, 9.17) is 0 Å². The van der Waals surface area contributed by atoms with E-state index in [-0.39, 0.29) is 17.5 Å². The van der Waals surface area contributed by atoms with E-state index in [1.807, 2.05) is 52.4 Å². The Hall–Kier alpha value is -2.61. The summed E-state index contributed by atoms with van der Waals surface area (Å²) in [6, 6.07) is 7.42. The first-order valence-electron chi connectivity index (χ1n) is 10.0. The summed E-state index contributed by atoms with van der Waals surface area (Å²) >= 11 is 1.84. The highest BCUT2D eigenvalue weighted by Gasteiger charge is 2.33. The average Bonchev–Trinajstić information content (AvgIpc) is 3.31. The van der Waals surface area contributed by atoms with Gasteiger partial charge in [-0.05, 0) is 43.2 Å². The summed E-state index contributed by atoms with van der Waals surface area (Å²) in [6.07, 6.45) is 4.58. The van der Waals surface area contributed by atoms with Crippen molar-refractivity contribution in [1.82, 2.24) is 24.1 Å². The van der Waals surface area contributed by atoms with E-state index in [1.54, 1.807) is 10.7 Å². The fraction of sp³-hybridized carbons (Fsp3) is 0.429. The van der Waals surface area contributed by atoms with Crippen LogP contribution in [0.1, 0.15) is 40.3 Å². The molecule has 150 valence electrons. The molecule has 0 radical (unpaired) electrons. The van der Waals surface area contributed by atoms with Gasteiger partial charge in [-0.2, -0.15) is 16.9 Å². The minimum atomic E-state index is -0.0727. The molecule has 3 aromatic rings. The minimum Gasteiger partial charge on any atom is -0.332 e. The molecule has 5 heterocycles. The van der Waals surface area contributed by atoms with Crippen LogP contribution in [-0.2, 0) is 18.7 Å². The van der Waals surface area contributed by atoms with Gasteiger partial charge >= 0.3 is 0 Å². The SMILES string of the molecule is Cc1nc2ccccn2c1C(=O)N1CCCC1Cn1nc2c(cc1=O)CSCC2. The van der Waals surface area contributed by atoms with Crippen molar-refractivity contribution in [2.75, 3.05) is 12.3 Å². The van der Waals surface area contributed by atoms with Gasteiger partial charge in [0.15, 0.2) is 0 Å². The predicted octanol–water partition coefficient (Wildman–Crippen LogP) is 2.29. The van der Waals surface area contributed by atoms with Gasteiger partial charge in [0.2, 0.25) is 0 Å². The van der Waals surface area contributed by atoms with Crippen molar-refractivity contribution in [1.29, 1.82) is 0 Å². The van der Waals surface area contributed by atoms with Crippen LogP contribution in [-0.4, -0.2) is 48.3 Å². The highest BCUT2D eigenvalue weighted by atomic mass is 32.2. The summed E-state index contributed by atoms with van der Waals surface area (Å²) in [5, 5.41) is 4.64. The lowest BCUT2D eigenvalue weighted by Gasteiger charge is -2.25. The maximum Gasteiger partial charge on any atom is 0.273 e. The highest BCUT2D eigenvalue weighted by Crippen LogP contribution is 2.24. The van der Waals surface area contributed by atoms with Crippen molar-refractivity contribution in [3.8, 4) is 0 Å². The van der Waals surface area contributed by atoms with Crippen molar-refractivity contribution in [3.05, 3.63) is 63.5 Å². The molecule has 2 aliphatic rings. The van der Waals surface area contributed by atoms with Crippen molar-refractivity contribution >= 4 is 23.3 Å². The number of amides is 1. The molecule has 0 aromatic carbocycles. The molecule has 1 amide bonds. The van der Waals surface area contributed by atoms with E-state index >= 15 is 0 Å². The van der Waals surface area contributed by atoms with E-state index in [2.05, 4.69) is 10.1 Å². The highest BCUT2D eigenvalue weighted by molar-refractivity contribution is 7.98. The molecular formula is C21H23N5O2S. The summed E-state index contributed by atoms with van der Waals surface area (Å²) < 4.78 is 3.42. The number of hydrogen-bond donors (Lipinski definition) is 0. The quantitative estimate of drug-likeness (QED) is 0.664. The first-order chi connectivity index (χ1) is 14.1. The van der Waals surface area contributed by atoms with Gasteiger partial charge in [0.1, 0.15) is 11.3 Å². The number of carbonyl (C=O) groups is 1. The molecular weight excluding hydrogens is 386 g/mol. The Morgan fingerprint density at radius 3 is 3.14 bits per heavy atom. The number of fused-ring (bicyclic) bond motifs is 2. The molecule has 0 spiro atoms. The Labute approximate surface area is 172 Å². The van der Waals surface area contributed by atoms with Crippen LogP contribution >= 0.6 is 11.8 Å². The van der Waals surface area contributed by atoms with Crippen molar-refractivity contribution < 1.29 is 4.79 Å². The van der Waals surface area contributed by atoms with Crippen molar-refractivity contribution in [3.63, 3.8) is 0 Å². The summed E-state index contributed by atoms with van der Waals surface area (Å²) in [4.78, 5) is 32.4. The van der Waals surface area contributed by atoms with Gasteiger partial charge < -0.3 is 4.90 Å². The molecule has 1 fully saturated rings. The van der Waals surface area contributed by atoms with E-state index in [0.29, 0.717) is 18.8 Å². The van der Waals surface area contributed by atoms with E-state index in [9.17, 15) is 9.59 Å². The maximum atomic E-state index is 13.4. The van der Waals surface area contributed by atoms with Gasteiger partial charge in [0.05, 0.1) is 24.0 Å². The molecule has 8 heteroatoms. The monoisotopic (exact) mass is 409 g/mol. The molecule has 3 aromatic heterocycles. The van der Waals surface area contributed by atoms with Crippen LogP contribution in [0, 0.1) is 6.92 Å². The molecule has 0 aliphatic carbocycles. The Morgan fingerprint density at radius 1 is 1.34 bits per heavy atom. The van der Waals surface area contributed by atoms with Crippen LogP contribution in [0.25, 0.3) is 5.65 Å². The normalized spacial score (nSPS) is 18.9. The molecule has 2 aliphatic heterocycles. The van der Waals surface area contributed by atoms with Gasteiger partial charge in [-0.1, -0.05) is 6.07 Å². The lowest BCUT2D eigenvalue weighted by molar-refractivity contribution is 0.0712. The van der Waals surface area contributed by atoms with Gasteiger partial charge in [0, 0.05) is 31.0 Å². The van der Waals surface area contributed by atoms with Crippen molar-refractivity contribution in [2.45, 2.75) is 44.5 Å². The molecule has 0 bridgehead atoms. The summed E-state index contributed by atoms with van der Waals surface area (Å²) in [6.45, 7) is 3.01. The molecule has 1 unspecified atom stereocenters. The number of nitrogens with zero attached hydrogens (tertiary/aromatic N) is 5. The van der Waals surface area contributed by atoms with Crippen LogP contribution in [0.15, 0.2) is 35.3 Å². The summed E-state index contributed by atoms with van der Waals surface area (Å²) in [5.74, 6) is 1.88. The molecule has 7 nitrogen and oxygen atoms in total. The first-order valence-corrected chi connectivity index (χ1v) is 11.2. The van der Waals surface area contributed by atoms with Gasteiger partial charge in [0.25, 0.3) is 11.5 Å². The van der Waals surface area contributed by atoms with E-state index < -0.39 is 0 Å². The van der Waals surface area contributed by atoms with Crippen LogP contribution in [0.2, 0.25) is 0 Å². The van der Waals surface area contributed by atoms with Crippen LogP contribution in [0.5, 0.6) is 0 Å². The van der Waals surface area contributed by atoms with Gasteiger partial charge in [-0.15, -0.1) is 0 Å².